The third kappa shape index (κ3) is 38.7. The van der Waals surface area contributed by atoms with Gasteiger partial charge in [-0.2, -0.15) is 0 Å². The molecule has 0 aliphatic carbocycles. The van der Waals surface area contributed by atoms with Gasteiger partial charge in [-0.05, 0) is 77.0 Å². The average molecular weight is 701 g/mol. The van der Waals surface area contributed by atoms with Crippen molar-refractivity contribution >= 4 is 11.9 Å². The van der Waals surface area contributed by atoms with Crippen LogP contribution in [0.2, 0.25) is 0 Å². The number of esters is 2. The van der Waals surface area contributed by atoms with E-state index in [0.717, 1.165) is 57.8 Å². The lowest BCUT2D eigenvalue weighted by Crippen LogP contribution is -2.28. The van der Waals surface area contributed by atoms with Crippen molar-refractivity contribution in [2.75, 3.05) is 13.2 Å². The number of ether oxygens (including phenoxy) is 2. The van der Waals surface area contributed by atoms with Gasteiger partial charge in [-0.1, -0.05) is 165 Å². The summed E-state index contributed by atoms with van der Waals surface area (Å²) in [5.74, 6) is -0.603. The molecular weight excluding hydrogens is 620 g/mol. The number of hydrogen-bond acceptors (Lipinski definition) is 5. The fourth-order valence-electron chi connectivity index (χ4n) is 5.85. The molecule has 0 fully saturated rings. The van der Waals surface area contributed by atoms with Crippen LogP contribution in [-0.2, 0) is 19.1 Å². The number of carbonyl (C=O) groups is 2. The highest BCUT2D eigenvalue weighted by Gasteiger charge is 2.16. The zero-order valence-corrected chi connectivity index (χ0v) is 32.9. The number of allylic oxidation sites excluding steroid dienone is 8. The second-order valence-corrected chi connectivity index (χ2v) is 14.1. The second kappa shape index (κ2) is 41.3. The summed E-state index contributed by atoms with van der Waals surface area (Å²) in [6.45, 7) is 4.08. The molecular formula is C45H80O5. The zero-order valence-electron chi connectivity index (χ0n) is 32.9. The Hall–Kier alpha value is -2.14. The molecule has 0 bridgehead atoms. The summed E-state index contributed by atoms with van der Waals surface area (Å²) in [5, 5.41) is 9.57. The number of rotatable bonds is 38. The molecule has 0 radical (unpaired) electrons. The maximum Gasteiger partial charge on any atom is 0.306 e. The number of unbranched alkanes of at least 4 members (excludes halogenated alkanes) is 22. The predicted molar refractivity (Wildman–Crippen MR) is 214 cm³/mol. The van der Waals surface area contributed by atoms with Crippen molar-refractivity contribution in [3.8, 4) is 0 Å². The molecule has 0 aromatic carbocycles. The lowest BCUT2D eigenvalue weighted by atomic mass is 10.1. The van der Waals surface area contributed by atoms with Crippen LogP contribution in [0.15, 0.2) is 48.6 Å². The summed E-state index contributed by atoms with van der Waals surface area (Å²) in [6.07, 6.45) is 51.7. The minimum absolute atomic E-state index is 0.0718. The summed E-state index contributed by atoms with van der Waals surface area (Å²) in [6, 6.07) is 0. The van der Waals surface area contributed by atoms with E-state index in [-0.39, 0.29) is 25.2 Å². The quantitative estimate of drug-likeness (QED) is 0.0394. The lowest BCUT2D eigenvalue weighted by molar-refractivity contribution is -0.161. The molecule has 0 saturated heterocycles. The molecule has 0 rings (SSSR count). The highest BCUT2D eigenvalue weighted by molar-refractivity contribution is 5.70. The Morgan fingerprint density at radius 2 is 0.800 bits per heavy atom. The van der Waals surface area contributed by atoms with Crippen LogP contribution in [0, 0.1) is 0 Å². The minimum Gasteiger partial charge on any atom is -0.462 e. The van der Waals surface area contributed by atoms with Crippen LogP contribution in [0.4, 0.5) is 0 Å². The van der Waals surface area contributed by atoms with Crippen molar-refractivity contribution < 1.29 is 24.2 Å². The van der Waals surface area contributed by atoms with E-state index in [0.29, 0.717) is 12.8 Å². The number of carbonyl (C=O) groups excluding carboxylic acids is 2. The van der Waals surface area contributed by atoms with E-state index in [1.165, 1.54) is 122 Å². The lowest BCUT2D eigenvalue weighted by Gasteiger charge is -2.15. The van der Waals surface area contributed by atoms with Gasteiger partial charge in [-0.3, -0.25) is 9.59 Å². The normalized spacial score (nSPS) is 12.6. The molecule has 0 heterocycles. The highest BCUT2D eigenvalue weighted by atomic mass is 16.6. The van der Waals surface area contributed by atoms with E-state index < -0.39 is 6.10 Å². The Morgan fingerprint density at radius 1 is 0.460 bits per heavy atom. The summed E-state index contributed by atoms with van der Waals surface area (Å²) in [7, 11) is 0. The number of aliphatic hydroxyl groups excluding tert-OH is 1. The van der Waals surface area contributed by atoms with Crippen LogP contribution in [0.5, 0.6) is 0 Å². The number of hydrogen-bond donors (Lipinski definition) is 1. The molecule has 0 spiro atoms. The molecule has 0 aliphatic heterocycles. The highest BCUT2D eigenvalue weighted by Crippen LogP contribution is 2.14. The Morgan fingerprint density at radius 3 is 1.18 bits per heavy atom. The summed E-state index contributed by atoms with van der Waals surface area (Å²) < 4.78 is 10.6. The van der Waals surface area contributed by atoms with E-state index in [1.807, 2.05) is 0 Å². The van der Waals surface area contributed by atoms with E-state index in [1.54, 1.807) is 0 Å². The van der Waals surface area contributed by atoms with E-state index in [9.17, 15) is 14.7 Å². The molecule has 1 N–H and O–H groups in total. The monoisotopic (exact) mass is 701 g/mol. The number of aliphatic hydroxyl groups is 1. The van der Waals surface area contributed by atoms with Gasteiger partial charge in [-0.25, -0.2) is 0 Å². The molecule has 5 heteroatoms. The molecule has 0 aromatic rings. The van der Waals surface area contributed by atoms with Gasteiger partial charge in [0.2, 0.25) is 0 Å². The first-order valence-corrected chi connectivity index (χ1v) is 21.2. The first-order chi connectivity index (χ1) is 24.6. The largest absolute Gasteiger partial charge is 0.462 e. The van der Waals surface area contributed by atoms with Gasteiger partial charge in [0.1, 0.15) is 6.61 Å². The summed E-state index contributed by atoms with van der Waals surface area (Å²) in [4.78, 5) is 24.3. The van der Waals surface area contributed by atoms with Gasteiger partial charge in [0.25, 0.3) is 0 Å². The van der Waals surface area contributed by atoms with Crippen molar-refractivity contribution in [1.29, 1.82) is 0 Å². The Labute approximate surface area is 309 Å². The minimum atomic E-state index is -0.777. The van der Waals surface area contributed by atoms with Crippen LogP contribution in [0.3, 0.4) is 0 Å². The van der Waals surface area contributed by atoms with Crippen LogP contribution >= 0.6 is 0 Å². The fraction of sp³-hybridized carbons (Fsp3) is 0.778. The van der Waals surface area contributed by atoms with E-state index in [4.69, 9.17) is 9.47 Å². The van der Waals surface area contributed by atoms with Crippen molar-refractivity contribution in [3.63, 3.8) is 0 Å². The summed E-state index contributed by atoms with van der Waals surface area (Å²) >= 11 is 0. The van der Waals surface area contributed by atoms with Crippen LogP contribution in [0.25, 0.3) is 0 Å². The van der Waals surface area contributed by atoms with Crippen molar-refractivity contribution in [3.05, 3.63) is 48.6 Å². The first-order valence-electron chi connectivity index (χ1n) is 21.2. The van der Waals surface area contributed by atoms with Gasteiger partial charge in [0, 0.05) is 12.8 Å². The smallest absolute Gasteiger partial charge is 0.306 e. The van der Waals surface area contributed by atoms with Gasteiger partial charge < -0.3 is 14.6 Å². The SMILES string of the molecule is CCCCC/C=C\C/C=C\CCCCCCCCCCCC(=O)OC(CO)COC(=O)CCCCCCCCC/C=C\C/C=C\CCCCC. The molecule has 5 nitrogen and oxygen atoms in total. The standard InChI is InChI=1S/C45H80O5/c1-3-5-7-9-11-13-15-17-19-21-22-24-26-28-30-32-34-36-38-40-45(48)50-43(41-46)42-49-44(47)39-37-35-33-31-29-27-25-23-20-18-16-14-12-10-8-6-4-2/h11-14,17-20,43,46H,3-10,15-16,21-42H2,1-2H3/b13-11-,14-12-,19-17-,20-18-. The molecule has 0 amide bonds. The van der Waals surface area contributed by atoms with Gasteiger partial charge in [0.05, 0.1) is 6.61 Å². The third-order valence-electron chi connectivity index (χ3n) is 9.10. The van der Waals surface area contributed by atoms with Gasteiger partial charge in [0.15, 0.2) is 6.10 Å². The molecule has 0 aliphatic rings. The Balaban J connectivity index is 3.56. The van der Waals surface area contributed by atoms with Crippen LogP contribution < -0.4 is 0 Å². The molecule has 50 heavy (non-hydrogen) atoms. The maximum atomic E-state index is 12.2. The van der Waals surface area contributed by atoms with E-state index in [2.05, 4.69) is 62.5 Å². The second-order valence-electron chi connectivity index (χ2n) is 14.1. The van der Waals surface area contributed by atoms with Crippen LogP contribution in [0.1, 0.15) is 206 Å². The van der Waals surface area contributed by atoms with Gasteiger partial charge >= 0.3 is 11.9 Å². The molecule has 1 atom stereocenters. The maximum absolute atomic E-state index is 12.2. The molecule has 0 saturated carbocycles. The van der Waals surface area contributed by atoms with Crippen molar-refractivity contribution in [2.45, 2.75) is 213 Å². The first kappa shape index (κ1) is 47.9. The zero-order chi connectivity index (χ0) is 36.4. The molecule has 0 aromatic heterocycles. The topological polar surface area (TPSA) is 72.8 Å². The Kier molecular flexibility index (Phi) is 39.5. The van der Waals surface area contributed by atoms with Crippen molar-refractivity contribution in [2.24, 2.45) is 0 Å². The van der Waals surface area contributed by atoms with Crippen LogP contribution in [-0.4, -0.2) is 36.4 Å². The molecule has 1 unspecified atom stereocenters. The fourth-order valence-corrected chi connectivity index (χ4v) is 5.85. The predicted octanol–water partition coefficient (Wildman–Crippen LogP) is 13.4. The third-order valence-corrected chi connectivity index (χ3v) is 9.10. The molecule has 290 valence electrons. The van der Waals surface area contributed by atoms with Gasteiger partial charge in [-0.15, -0.1) is 0 Å². The average Bonchev–Trinajstić information content (AvgIpc) is 3.12. The van der Waals surface area contributed by atoms with Crippen molar-refractivity contribution in [1.82, 2.24) is 0 Å². The Bertz CT molecular complexity index is 842. The summed E-state index contributed by atoms with van der Waals surface area (Å²) in [5.41, 5.74) is 0. The van der Waals surface area contributed by atoms with E-state index >= 15 is 0 Å².